The molecule has 80 valence electrons. The first-order valence-corrected chi connectivity index (χ1v) is 5.06. The van der Waals surface area contributed by atoms with Gasteiger partial charge in [0, 0.05) is 13.5 Å². The van der Waals surface area contributed by atoms with Crippen molar-refractivity contribution in [1.29, 1.82) is 0 Å². The largest absolute Gasteiger partial charge is 0.372 e. The van der Waals surface area contributed by atoms with Crippen molar-refractivity contribution in [1.82, 2.24) is 5.32 Å². The van der Waals surface area contributed by atoms with Gasteiger partial charge in [0.05, 0.1) is 12.1 Å². The summed E-state index contributed by atoms with van der Waals surface area (Å²) in [6.07, 6.45) is 0.969. The Balaban J connectivity index is 2.70. The Morgan fingerprint density at radius 3 is 2.64 bits per heavy atom. The molecule has 1 aliphatic rings. The van der Waals surface area contributed by atoms with Crippen LogP contribution < -0.4 is 5.32 Å². The number of carbonyl (C=O) groups is 1. The molecule has 1 heterocycles. The van der Waals surface area contributed by atoms with Gasteiger partial charge >= 0.3 is 0 Å². The Morgan fingerprint density at radius 1 is 1.50 bits per heavy atom. The Kier molecular flexibility index (Phi) is 3.69. The van der Waals surface area contributed by atoms with Crippen molar-refractivity contribution >= 4 is 5.91 Å². The smallest absolute Gasteiger partial charge is 0.217 e. The van der Waals surface area contributed by atoms with Crippen molar-refractivity contribution in [3.63, 3.8) is 0 Å². The Bertz CT molecular complexity index is 237. The second-order valence-corrected chi connectivity index (χ2v) is 4.13. The van der Waals surface area contributed by atoms with Crippen LogP contribution in [0.4, 0.5) is 0 Å². The molecule has 0 aliphatic carbocycles. The van der Waals surface area contributed by atoms with Crippen LogP contribution in [-0.2, 0) is 9.53 Å². The molecule has 0 aromatic carbocycles. The molecular weight excluding hydrogens is 178 g/mol. The number of hydrogen-bond donors (Lipinski definition) is 1. The minimum atomic E-state index is -0.0253. The van der Waals surface area contributed by atoms with E-state index in [1.165, 1.54) is 6.92 Å². The van der Waals surface area contributed by atoms with Gasteiger partial charge in [-0.25, -0.2) is 0 Å². The Morgan fingerprint density at radius 2 is 2.14 bits per heavy atom. The zero-order chi connectivity index (χ0) is 10.7. The van der Waals surface area contributed by atoms with Crippen molar-refractivity contribution < 1.29 is 9.53 Å². The minimum absolute atomic E-state index is 0.00130. The van der Waals surface area contributed by atoms with Crippen LogP contribution in [0.25, 0.3) is 0 Å². The zero-order valence-electron chi connectivity index (χ0n) is 9.17. The van der Waals surface area contributed by atoms with Crippen LogP contribution >= 0.6 is 0 Å². The second-order valence-electron chi connectivity index (χ2n) is 4.13. The third-order valence-corrected chi connectivity index (χ3v) is 2.67. The SMILES string of the molecule is C=C(C)[C@H]1OCC[C@H](C)[C@H]1NC(C)=O. The van der Waals surface area contributed by atoms with Crippen LogP contribution in [0.2, 0.25) is 0 Å². The highest BCUT2D eigenvalue weighted by molar-refractivity contribution is 5.73. The number of hydrogen-bond acceptors (Lipinski definition) is 2. The van der Waals surface area contributed by atoms with E-state index in [4.69, 9.17) is 4.74 Å². The van der Waals surface area contributed by atoms with Crippen molar-refractivity contribution in [3.05, 3.63) is 12.2 Å². The highest BCUT2D eigenvalue weighted by atomic mass is 16.5. The molecule has 0 bridgehead atoms. The molecule has 1 N–H and O–H groups in total. The molecule has 3 nitrogen and oxygen atoms in total. The highest BCUT2D eigenvalue weighted by Gasteiger charge is 2.32. The molecular formula is C11H19NO2. The number of rotatable bonds is 2. The second kappa shape index (κ2) is 4.60. The number of nitrogens with one attached hydrogen (secondary N) is 1. The fraction of sp³-hybridized carbons (Fsp3) is 0.727. The normalized spacial score (nSPS) is 32.4. The summed E-state index contributed by atoms with van der Waals surface area (Å²) in [4.78, 5) is 11.0. The molecule has 1 rings (SSSR count). The Labute approximate surface area is 85.5 Å². The van der Waals surface area contributed by atoms with Crippen LogP contribution in [0, 0.1) is 5.92 Å². The standard InChI is InChI=1S/C11H19NO2/c1-7(2)11-10(12-9(4)13)8(3)5-6-14-11/h8,10-11H,1,5-6H2,2-4H3,(H,12,13)/t8-,10+,11+/m0/s1. The van der Waals surface area contributed by atoms with Crippen LogP contribution in [0.5, 0.6) is 0 Å². The maximum absolute atomic E-state index is 11.0. The Hall–Kier alpha value is -0.830. The van der Waals surface area contributed by atoms with E-state index in [1.807, 2.05) is 6.92 Å². The fourth-order valence-corrected chi connectivity index (χ4v) is 1.86. The average molecular weight is 197 g/mol. The van der Waals surface area contributed by atoms with E-state index >= 15 is 0 Å². The van der Waals surface area contributed by atoms with Crippen LogP contribution in [0.1, 0.15) is 27.2 Å². The molecule has 1 fully saturated rings. The topological polar surface area (TPSA) is 38.3 Å². The number of ether oxygens (including phenoxy) is 1. The summed E-state index contributed by atoms with van der Waals surface area (Å²) in [5.41, 5.74) is 0.982. The van der Waals surface area contributed by atoms with E-state index < -0.39 is 0 Å². The molecule has 0 unspecified atom stereocenters. The predicted octanol–water partition coefficient (Wildman–Crippen LogP) is 1.49. The van der Waals surface area contributed by atoms with E-state index in [-0.39, 0.29) is 18.1 Å². The van der Waals surface area contributed by atoms with Gasteiger partial charge < -0.3 is 10.1 Å². The fourth-order valence-electron chi connectivity index (χ4n) is 1.86. The molecule has 14 heavy (non-hydrogen) atoms. The van der Waals surface area contributed by atoms with Crippen LogP contribution in [0.15, 0.2) is 12.2 Å². The van der Waals surface area contributed by atoms with E-state index in [1.54, 1.807) is 0 Å². The van der Waals surface area contributed by atoms with Gasteiger partial charge in [-0.05, 0) is 24.8 Å². The summed E-state index contributed by atoms with van der Waals surface area (Å²) < 4.78 is 5.61. The maximum Gasteiger partial charge on any atom is 0.217 e. The van der Waals surface area contributed by atoms with Gasteiger partial charge in [0.15, 0.2) is 0 Å². The third-order valence-electron chi connectivity index (χ3n) is 2.67. The van der Waals surface area contributed by atoms with Crippen molar-refractivity contribution in [2.45, 2.75) is 39.3 Å². The molecule has 3 atom stereocenters. The highest BCUT2D eigenvalue weighted by Crippen LogP contribution is 2.24. The summed E-state index contributed by atoms with van der Waals surface area (Å²) in [5.74, 6) is 0.452. The van der Waals surface area contributed by atoms with E-state index in [9.17, 15) is 4.79 Å². The molecule has 0 aromatic heterocycles. The van der Waals surface area contributed by atoms with E-state index in [0.29, 0.717) is 5.92 Å². The van der Waals surface area contributed by atoms with Crippen LogP contribution in [0.3, 0.4) is 0 Å². The summed E-state index contributed by atoms with van der Waals surface area (Å²) >= 11 is 0. The zero-order valence-corrected chi connectivity index (χ0v) is 9.17. The minimum Gasteiger partial charge on any atom is -0.372 e. The number of amides is 1. The lowest BCUT2D eigenvalue weighted by molar-refractivity contribution is -0.122. The van der Waals surface area contributed by atoms with Crippen molar-refractivity contribution in [2.75, 3.05) is 6.61 Å². The lowest BCUT2D eigenvalue weighted by atomic mass is 9.88. The summed E-state index contributed by atoms with van der Waals surface area (Å²) in [6.45, 7) is 10.3. The average Bonchev–Trinajstić information content (AvgIpc) is 2.07. The quantitative estimate of drug-likeness (QED) is 0.681. The molecule has 0 saturated carbocycles. The molecule has 1 saturated heterocycles. The van der Waals surface area contributed by atoms with E-state index in [2.05, 4.69) is 18.8 Å². The van der Waals surface area contributed by atoms with Gasteiger partial charge in [-0.2, -0.15) is 0 Å². The predicted molar refractivity (Wildman–Crippen MR) is 55.9 cm³/mol. The van der Waals surface area contributed by atoms with Gasteiger partial charge in [-0.3, -0.25) is 4.79 Å². The van der Waals surface area contributed by atoms with Gasteiger partial charge in [0.25, 0.3) is 0 Å². The first kappa shape index (κ1) is 11.2. The molecule has 1 amide bonds. The van der Waals surface area contributed by atoms with Crippen molar-refractivity contribution in [3.8, 4) is 0 Å². The van der Waals surface area contributed by atoms with Gasteiger partial charge in [-0.1, -0.05) is 13.5 Å². The summed E-state index contributed by atoms with van der Waals surface area (Å²) in [7, 11) is 0. The monoisotopic (exact) mass is 197 g/mol. The maximum atomic E-state index is 11.0. The van der Waals surface area contributed by atoms with Gasteiger partial charge in [0.2, 0.25) is 5.91 Å². The lowest BCUT2D eigenvalue weighted by Crippen LogP contribution is -2.51. The molecule has 0 spiro atoms. The molecule has 0 radical (unpaired) electrons. The third kappa shape index (κ3) is 2.58. The van der Waals surface area contributed by atoms with Crippen molar-refractivity contribution in [2.24, 2.45) is 5.92 Å². The van der Waals surface area contributed by atoms with Gasteiger partial charge in [0.1, 0.15) is 0 Å². The lowest BCUT2D eigenvalue weighted by Gasteiger charge is -2.37. The summed E-state index contributed by atoms with van der Waals surface area (Å²) in [6, 6.07) is 0.0822. The molecule has 0 aromatic rings. The van der Waals surface area contributed by atoms with Crippen LogP contribution in [-0.4, -0.2) is 24.7 Å². The molecule has 1 aliphatic heterocycles. The summed E-state index contributed by atoms with van der Waals surface area (Å²) in [5, 5.41) is 2.94. The number of carbonyl (C=O) groups excluding carboxylic acids is 1. The first-order chi connectivity index (χ1) is 6.52. The van der Waals surface area contributed by atoms with Gasteiger partial charge in [-0.15, -0.1) is 0 Å². The first-order valence-electron chi connectivity index (χ1n) is 5.06. The van der Waals surface area contributed by atoms with E-state index in [0.717, 1.165) is 18.6 Å². The molecule has 3 heteroatoms.